The van der Waals surface area contributed by atoms with Crippen LogP contribution in [0.5, 0.6) is 0 Å². The summed E-state index contributed by atoms with van der Waals surface area (Å²) in [6, 6.07) is -1.67. The third-order valence-electron chi connectivity index (χ3n) is 2.57. The summed E-state index contributed by atoms with van der Waals surface area (Å²) in [5.41, 5.74) is -0.719. The standard InChI is InChI=1S/C11H18FNO4/c1-11(2,3)17-10(16)13-7(6-12)4-5-8(13)9(14)15/h7-8H,4-6H2,1-3H3,(H,14,15)/t7?,8-/m0/s1. The van der Waals surface area contributed by atoms with E-state index in [1.54, 1.807) is 20.8 Å². The van der Waals surface area contributed by atoms with Crippen molar-refractivity contribution in [2.75, 3.05) is 6.67 Å². The van der Waals surface area contributed by atoms with Crippen molar-refractivity contribution in [3.05, 3.63) is 0 Å². The molecular formula is C11H18FNO4. The first-order chi connectivity index (χ1) is 7.76. The number of halogens is 1. The summed E-state index contributed by atoms with van der Waals surface area (Å²) in [7, 11) is 0. The van der Waals surface area contributed by atoms with Crippen LogP contribution >= 0.6 is 0 Å². The van der Waals surface area contributed by atoms with E-state index in [9.17, 15) is 14.0 Å². The van der Waals surface area contributed by atoms with Crippen LogP contribution in [0.4, 0.5) is 9.18 Å². The molecule has 1 amide bonds. The molecule has 1 N–H and O–H groups in total. The average molecular weight is 247 g/mol. The summed E-state index contributed by atoms with van der Waals surface area (Å²) in [5.74, 6) is -1.12. The van der Waals surface area contributed by atoms with Gasteiger partial charge in [0, 0.05) is 0 Å². The number of likely N-dealkylation sites (tertiary alicyclic amines) is 1. The molecule has 1 fully saturated rings. The van der Waals surface area contributed by atoms with E-state index < -0.39 is 36.4 Å². The largest absolute Gasteiger partial charge is 0.480 e. The molecule has 0 aromatic heterocycles. The lowest BCUT2D eigenvalue weighted by Crippen LogP contribution is -2.47. The molecule has 1 rings (SSSR count). The molecule has 1 heterocycles. The maximum atomic E-state index is 12.7. The number of amides is 1. The van der Waals surface area contributed by atoms with Gasteiger partial charge < -0.3 is 9.84 Å². The predicted molar refractivity (Wildman–Crippen MR) is 58.5 cm³/mol. The number of rotatable bonds is 2. The third-order valence-corrected chi connectivity index (χ3v) is 2.57. The van der Waals surface area contributed by atoms with Crippen LogP contribution in [-0.4, -0.2) is 46.4 Å². The quantitative estimate of drug-likeness (QED) is 0.808. The molecule has 98 valence electrons. The molecule has 0 aliphatic carbocycles. The maximum absolute atomic E-state index is 12.7. The Morgan fingerprint density at radius 2 is 2.00 bits per heavy atom. The molecule has 1 saturated heterocycles. The fourth-order valence-corrected chi connectivity index (χ4v) is 1.87. The first-order valence-corrected chi connectivity index (χ1v) is 5.56. The van der Waals surface area contributed by atoms with Crippen LogP contribution in [0, 0.1) is 0 Å². The minimum Gasteiger partial charge on any atom is -0.480 e. The molecular weight excluding hydrogens is 229 g/mol. The lowest BCUT2D eigenvalue weighted by molar-refractivity contribution is -0.142. The van der Waals surface area contributed by atoms with Crippen molar-refractivity contribution >= 4 is 12.1 Å². The molecule has 1 unspecified atom stereocenters. The number of carbonyl (C=O) groups is 2. The smallest absolute Gasteiger partial charge is 0.411 e. The molecule has 1 aliphatic rings. The second-order valence-electron chi connectivity index (χ2n) is 5.13. The predicted octanol–water partition coefficient (Wildman–Crippen LogP) is 1.81. The van der Waals surface area contributed by atoms with Crippen molar-refractivity contribution in [3.63, 3.8) is 0 Å². The lowest BCUT2D eigenvalue weighted by atomic mass is 10.2. The average Bonchev–Trinajstić information content (AvgIpc) is 2.57. The van der Waals surface area contributed by atoms with Gasteiger partial charge in [-0.15, -0.1) is 0 Å². The van der Waals surface area contributed by atoms with Gasteiger partial charge in [0.25, 0.3) is 0 Å². The van der Waals surface area contributed by atoms with E-state index in [0.717, 1.165) is 4.90 Å². The van der Waals surface area contributed by atoms with Crippen molar-refractivity contribution in [1.82, 2.24) is 4.90 Å². The second-order valence-corrected chi connectivity index (χ2v) is 5.13. The minimum atomic E-state index is -1.12. The van der Waals surface area contributed by atoms with Crippen LogP contribution in [0.25, 0.3) is 0 Å². The Bertz CT molecular complexity index is 313. The Labute approximate surface area is 99.5 Å². The number of ether oxygens (including phenoxy) is 1. The van der Waals surface area contributed by atoms with Gasteiger partial charge in [0.1, 0.15) is 18.3 Å². The van der Waals surface area contributed by atoms with Gasteiger partial charge in [-0.05, 0) is 33.6 Å². The highest BCUT2D eigenvalue weighted by Crippen LogP contribution is 2.27. The van der Waals surface area contributed by atoms with E-state index >= 15 is 0 Å². The molecule has 2 atom stereocenters. The van der Waals surface area contributed by atoms with E-state index in [-0.39, 0.29) is 6.42 Å². The zero-order valence-electron chi connectivity index (χ0n) is 10.3. The third kappa shape index (κ3) is 3.31. The van der Waals surface area contributed by atoms with Crippen molar-refractivity contribution in [3.8, 4) is 0 Å². The molecule has 0 bridgehead atoms. The molecule has 0 aromatic carbocycles. The highest BCUT2D eigenvalue weighted by molar-refractivity contribution is 5.81. The maximum Gasteiger partial charge on any atom is 0.411 e. The molecule has 0 saturated carbocycles. The number of carboxylic acid groups (broad SMARTS) is 1. The first kappa shape index (κ1) is 13.7. The van der Waals surface area contributed by atoms with Crippen molar-refractivity contribution in [1.29, 1.82) is 0 Å². The molecule has 5 nitrogen and oxygen atoms in total. The second kappa shape index (κ2) is 4.89. The van der Waals surface area contributed by atoms with Crippen molar-refractivity contribution < 1.29 is 23.8 Å². The summed E-state index contributed by atoms with van der Waals surface area (Å²) in [4.78, 5) is 23.8. The number of carbonyl (C=O) groups excluding carboxylic acids is 1. The minimum absolute atomic E-state index is 0.267. The topological polar surface area (TPSA) is 66.8 Å². The van der Waals surface area contributed by atoms with Gasteiger partial charge in [0.15, 0.2) is 0 Å². The summed E-state index contributed by atoms with van der Waals surface area (Å²) >= 11 is 0. The Balaban J connectivity index is 2.82. The number of nitrogens with zero attached hydrogens (tertiary/aromatic N) is 1. The number of aliphatic carboxylic acids is 1. The van der Waals surface area contributed by atoms with Gasteiger partial charge in [-0.25, -0.2) is 14.0 Å². The zero-order valence-corrected chi connectivity index (χ0v) is 10.3. The highest BCUT2D eigenvalue weighted by Gasteiger charge is 2.42. The zero-order chi connectivity index (χ0) is 13.2. The van der Waals surface area contributed by atoms with Crippen LogP contribution in [0.15, 0.2) is 0 Å². The van der Waals surface area contributed by atoms with E-state index in [1.807, 2.05) is 0 Å². The van der Waals surface area contributed by atoms with Gasteiger partial charge in [-0.1, -0.05) is 0 Å². The van der Waals surface area contributed by atoms with Crippen LogP contribution < -0.4 is 0 Å². The summed E-state index contributed by atoms with van der Waals surface area (Å²) in [6.45, 7) is 4.30. The van der Waals surface area contributed by atoms with Crippen LogP contribution in [0.2, 0.25) is 0 Å². The number of alkyl halides is 1. The van der Waals surface area contributed by atoms with Crippen molar-refractivity contribution in [2.45, 2.75) is 51.3 Å². The normalized spacial score (nSPS) is 24.8. The van der Waals surface area contributed by atoms with Crippen LogP contribution in [0.3, 0.4) is 0 Å². The van der Waals surface area contributed by atoms with Crippen LogP contribution in [0.1, 0.15) is 33.6 Å². The molecule has 0 aromatic rings. The Hall–Kier alpha value is -1.33. The van der Waals surface area contributed by atoms with E-state index in [2.05, 4.69) is 0 Å². The van der Waals surface area contributed by atoms with Gasteiger partial charge in [0.05, 0.1) is 6.04 Å². The van der Waals surface area contributed by atoms with E-state index in [0.29, 0.717) is 6.42 Å². The lowest BCUT2D eigenvalue weighted by Gasteiger charge is -2.29. The Morgan fingerprint density at radius 3 is 2.41 bits per heavy atom. The van der Waals surface area contributed by atoms with Crippen LogP contribution in [-0.2, 0) is 9.53 Å². The van der Waals surface area contributed by atoms with Gasteiger partial charge in [-0.2, -0.15) is 0 Å². The molecule has 17 heavy (non-hydrogen) atoms. The number of hydrogen-bond acceptors (Lipinski definition) is 3. The van der Waals surface area contributed by atoms with Gasteiger partial charge in [0.2, 0.25) is 0 Å². The molecule has 6 heteroatoms. The fraction of sp³-hybridized carbons (Fsp3) is 0.818. The number of carboxylic acids is 1. The van der Waals surface area contributed by atoms with Gasteiger partial charge in [-0.3, -0.25) is 4.90 Å². The Kier molecular flexibility index (Phi) is 3.95. The van der Waals surface area contributed by atoms with E-state index in [1.165, 1.54) is 0 Å². The van der Waals surface area contributed by atoms with Gasteiger partial charge >= 0.3 is 12.1 Å². The highest BCUT2D eigenvalue weighted by atomic mass is 19.1. The SMILES string of the molecule is CC(C)(C)OC(=O)N1C(CF)CC[C@H]1C(=O)O. The molecule has 1 aliphatic heterocycles. The summed E-state index contributed by atoms with van der Waals surface area (Å²) < 4.78 is 17.8. The number of hydrogen-bond donors (Lipinski definition) is 1. The monoisotopic (exact) mass is 247 g/mol. The van der Waals surface area contributed by atoms with E-state index in [4.69, 9.17) is 9.84 Å². The first-order valence-electron chi connectivity index (χ1n) is 5.56. The fourth-order valence-electron chi connectivity index (χ4n) is 1.87. The molecule has 0 spiro atoms. The molecule has 0 radical (unpaired) electrons. The van der Waals surface area contributed by atoms with Crippen molar-refractivity contribution in [2.24, 2.45) is 0 Å². The summed E-state index contributed by atoms with van der Waals surface area (Å²) in [5, 5.41) is 8.97. The summed E-state index contributed by atoms with van der Waals surface area (Å²) in [6.07, 6.45) is -0.138. The Morgan fingerprint density at radius 1 is 1.41 bits per heavy atom.